The monoisotopic (exact) mass is 603 g/mol. The lowest BCUT2D eigenvalue weighted by molar-refractivity contribution is -0.138. The van der Waals surface area contributed by atoms with Crippen LogP contribution in [0.3, 0.4) is 0 Å². The highest BCUT2D eigenvalue weighted by Gasteiger charge is 2.40. The zero-order chi connectivity index (χ0) is 32.1. The van der Waals surface area contributed by atoms with Crippen molar-refractivity contribution in [3.05, 3.63) is 70.8 Å². The summed E-state index contributed by atoms with van der Waals surface area (Å²) in [4.78, 5) is 28.2. The van der Waals surface area contributed by atoms with Crippen LogP contribution in [0.4, 0.5) is 29.3 Å². The van der Waals surface area contributed by atoms with Crippen LogP contribution in [0, 0.1) is 5.92 Å². The zero-order valence-electron chi connectivity index (χ0n) is 25.7. The molecule has 43 heavy (non-hydrogen) atoms. The van der Waals surface area contributed by atoms with Gasteiger partial charge in [0.25, 0.3) is 5.91 Å². The molecule has 2 aromatic carbocycles. The van der Waals surface area contributed by atoms with Crippen LogP contribution in [-0.2, 0) is 37.5 Å². The smallest absolute Gasteiger partial charge is 0.416 e. The van der Waals surface area contributed by atoms with Gasteiger partial charge in [0.15, 0.2) is 0 Å². The standard InChI is InChI=1S/C23H25F3N2O4.C8H15N3/c1-5-27(21(31)32-22(2,3)4)15-7-6-8-16(11-15)28-12-18-17(20(28)30)9-14(13-29)10-19(18)23(24,25)26;1-4-7(2)5-8-10-9-6-11(8)3/h6-11,29H,5,12-13H2,1-4H3;6-7H,4-5H2,1-3H3. The number of hydrogen-bond acceptors (Lipinski definition) is 6. The fourth-order valence-electron chi connectivity index (χ4n) is 4.53. The predicted octanol–water partition coefficient (Wildman–Crippen LogP) is 6.52. The lowest BCUT2D eigenvalue weighted by atomic mass is 9.99. The summed E-state index contributed by atoms with van der Waals surface area (Å²) in [6.07, 6.45) is -1.25. The molecule has 1 aromatic heterocycles. The second-order valence-electron chi connectivity index (χ2n) is 11.5. The van der Waals surface area contributed by atoms with E-state index in [4.69, 9.17) is 4.74 Å². The van der Waals surface area contributed by atoms with E-state index in [0.717, 1.165) is 18.3 Å². The molecule has 2 heterocycles. The van der Waals surface area contributed by atoms with Gasteiger partial charge in [0, 0.05) is 37.0 Å². The number of aliphatic hydroxyl groups is 1. The van der Waals surface area contributed by atoms with Crippen LogP contribution < -0.4 is 9.80 Å². The number of amides is 2. The van der Waals surface area contributed by atoms with Crippen LogP contribution in [-0.4, -0.2) is 44.0 Å². The molecule has 1 atom stereocenters. The number of benzene rings is 2. The van der Waals surface area contributed by atoms with E-state index in [1.165, 1.54) is 22.3 Å². The molecule has 1 aliphatic heterocycles. The lowest BCUT2D eigenvalue weighted by Gasteiger charge is -2.27. The molecule has 12 heteroatoms. The molecule has 0 aliphatic carbocycles. The molecular weight excluding hydrogens is 563 g/mol. The number of aryl methyl sites for hydroxylation is 1. The summed E-state index contributed by atoms with van der Waals surface area (Å²) >= 11 is 0. The third-order valence-electron chi connectivity index (χ3n) is 7.01. The number of aromatic nitrogens is 3. The third-order valence-corrected chi connectivity index (χ3v) is 7.01. The van der Waals surface area contributed by atoms with Gasteiger partial charge >= 0.3 is 12.3 Å². The molecule has 9 nitrogen and oxygen atoms in total. The van der Waals surface area contributed by atoms with E-state index in [-0.39, 0.29) is 23.2 Å². The number of anilines is 2. The molecule has 0 bridgehead atoms. The van der Waals surface area contributed by atoms with Crippen molar-refractivity contribution in [1.29, 1.82) is 0 Å². The summed E-state index contributed by atoms with van der Waals surface area (Å²) in [6.45, 7) is 10.8. The highest BCUT2D eigenvalue weighted by atomic mass is 19.4. The van der Waals surface area contributed by atoms with Crippen LogP contribution in [0.2, 0.25) is 0 Å². The molecule has 0 spiro atoms. The van der Waals surface area contributed by atoms with Crippen LogP contribution in [0.5, 0.6) is 0 Å². The molecule has 4 rings (SSSR count). The number of alkyl halides is 3. The van der Waals surface area contributed by atoms with Crippen molar-refractivity contribution in [2.24, 2.45) is 13.0 Å². The van der Waals surface area contributed by atoms with Crippen molar-refractivity contribution in [2.75, 3.05) is 16.3 Å². The van der Waals surface area contributed by atoms with Crippen molar-refractivity contribution in [2.45, 2.75) is 79.3 Å². The van der Waals surface area contributed by atoms with E-state index in [0.29, 0.717) is 23.8 Å². The van der Waals surface area contributed by atoms with Crippen molar-refractivity contribution < 1.29 is 32.6 Å². The number of ether oxygens (including phenoxy) is 1. The quantitative estimate of drug-likeness (QED) is 0.330. The molecule has 0 fully saturated rings. The largest absolute Gasteiger partial charge is 0.443 e. The summed E-state index contributed by atoms with van der Waals surface area (Å²) in [5.41, 5.74) is -1.04. The molecular formula is C31H40F3N5O4. The van der Waals surface area contributed by atoms with Gasteiger partial charge in [0.05, 0.1) is 18.7 Å². The summed E-state index contributed by atoms with van der Waals surface area (Å²) in [6, 6.07) is 8.60. The van der Waals surface area contributed by atoms with Gasteiger partial charge in [0.2, 0.25) is 0 Å². The lowest BCUT2D eigenvalue weighted by Crippen LogP contribution is -2.36. The van der Waals surface area contributed by atoms with E-state index in [1.807, 2.05) is 11.6 Å². The normalized spacial score (nSPS) is 13.7. The number of rotatable bonds is 7. The Bertz CT molecular complexity index is 1430. The number of nitrogens with zero attached hydrogens (tertiary/aromatic N) is 5. The number of fused-ring (bicyclic) bond motifs is 1. The third kappa shape index (κ3) is 8.34. The zero-order valence-corrected chi connectivity index (χ0v) is 25.7. The van der Waals surface area contributed by atoms with Gasteiger partial charge in [-0.25, -0.2) is 4.79 Å². The maximum absolute atomic E-state index is 13.6. The van der Waals surface area contributed by atoms with E-state index in [1.54, 1.807) is 58.3 Å². The molecule has 0 saturated carbocycles. The van der Waals surface area contributed by atoms with Gasteiger partial charge in [0.1, 0.15) is 17.8 Å². The van der Waals surface area contributed by atoms with Crippen LogP contribution in [0.25, 0.3) is 0 Å². The topological polar surface area (TPSA) is 101 Å². The van der Waals surface area contributed by atoms with E-state index in [9.17, 15) is 27.9 Å². The summed E-state index contributed by atoms with van der Waals surface area (Å²) in [7, 11) is 1.98. The van der Waals surface area contributed by atoms with Gasteiger partial charge in [-0.15, -0.1) is 10.2 Å². The minimum Gasteiger partial charge on any atom is -0.443 e. The average Bonchev–Trinajstić information content (AvgIpc) is 3.49. The van der Waals surface area contributed by atoms with E-state index >= 15 is 0 Å². The molecule has 3 aromatic rings. The Kier molecular flexibility index (Phi) is 10.6. The minimum atomic E-state index is -4.66. The molecule has 2 amide bonds. The molecule has 1 N–H and O–H groups in total. The van der Waals surface area contributed by atoms with Gasteiger partial charge in [-0.2, -0.15) is 13.2 Å². The number of carbonyl (C=O) groups excluding carboxylic acids is 2. The van der Waals surface area contributed by atoms with Crippen molar-refractivity contribution in [3.63, 3.8) is 0 Å². The van der Waals surface area contributed by atoms with Crippen LogP contribution in [0.15, 0.2) is 42.7 Å². The minimum absolute atomic E-state index is 0.0158. The highest BCUT2D eigenvalue weighted by Crippen LogP contribution is 2.40. The molecule has 1 aliphatic rings. The second-order valence-corrected chi connectivity index (χ2v) is 11.5. The SMILES string of the molecule is CCC(C)Cc1nncn1C.CCN(C(=O)OC(C)(C)C)c1cccc(N2Cc3c(cc(CO)cc3C(F)(F)F)C2=O)c1. The predicted molar refractivity (Wildman–Crippen MR) is 158 cm³/mol. The number of hydrogen-bond donors (Lipinski definition) is 1. The van der Waals surface area contributed by atoms with Gasteiger partial charge in [-0.3, -0.25) is 9.69 Å². The highest BCUT2D eigenvalue weighted by molar-refractivity contribution is 6.10. The summed E-state index contributed by atoms with van der Waals surface area (Å²) in [5, 5.41) is 17.2. The first-order valence-corrected chi connectivity index (χ1v) is 14.2. The Morgan fingerprint density at radius 1 is 1.16 bits per heavy atom. The fourth-order valence-corrected chi connectivity index (χ4v) is 4.53. The van der Waals surface area contributed by atoms with Gasteiger partial charge in [-0.05, 0) is 75.1 Å². The number of carbonyl (C=O) groups is 2. The number of halogens is 3. The first kappa shape index (κ1) is 33.6. The van der Waals surface area contributed by atoms with Gasteiger partial charge in [-0.1, -0.05) is 26.3 Å². The summed E-state index contributed by atoms with van der Waals surface area (Å²) < 4.78 is 48.2. The fraction of sp³-hybridized carbons (Fsp3) is 0.484. The Balaban J connectivity index is 0.000000386. The average molecular weight is 604 g/mol. The number of aliphatic hydroxyl groups excluding tert-OH is 1. The molecule has 0 radical (unpaired) electrons. The van der Waals surface area contributed by atoms with Crippen LogP contribution >= 0.6 is 0 Å². The van der Waals surface area contributed by atoms with Crippen molar-refractivity contribution >= 4 is 23.4 Å². The Hall–Kier alpha value is -3.93. The van der Waals surface area contributed by atoms with E-state index < -0.39 is 35.9 Å². The molecule has 0 saturated heterocycles. The Labute approximate surface area is 250 Å². The second kappa shape index (κ2) is 13.6. The van der Waals surface area contributed by atoms with Crippen molar-refractivity contribution in [1.82, 2.24) is 14.8 Å². The first-order chi connectivity index (χ1) is 20.1. The van der Waals surface area contributed by atoms with Gasteiger partial charge < -0.3 is 19.3 Å². The van der Waals surface area contributed by atoms with Crippen molar-refractivity contribution in [3.8, 4) is 0 Å². The molecule has 1 unspecified atom stereocenters. The first-order valence-electron chi connectivity index (χ1n) is 14.2. The van der Waals surface area contributed by atoms with Crippen LogP contribution in [0.1, 0.15) is 80.8 Å². The maximum Gasteiger partial charge on any atom is 0.416 e. The Morgan fingerprint density at radius 3 is 2.40 bits per heavy atom. The Morgan fingerprint density at radius 2 is 1.86 bits per heavy atom. The van der Waals surface area contributed by atoms with E-state index in [2.05, 4.69) is 24.0 Å². The maximum atomic E-state index is 13.6. The summed E-state index contributed by atoms with van der Waals surface area (Å²) in [5.74, 6) is 1.19. The molecule has 234 valence electrons.